The fourth-order valence-corrected chi connectivity index (χ4v) is 3.79. The quantitative estimate of drug-likeness (QED) is 0.888. The summed E-state index contributed by atoms with van der Waals surface area (Å²) in [5, 5.41) is 5.46. The Morgan fingerprint density at radius 1 is 1.27 bits per heavy atom. The summed E-state index contributed by atoms with van der Waals surface area (Å²) in [7, 11) is 0. The monoisotopic (exact) mass is 365 g/mol. The van der Waals surface area contributed by atoms with Crippen LogP contribution in [0.3, 0.4) is 0 Å². The fourth-order valence-electron chi connectivity index (χ4n) is 3.04. The van der Waals surface area contributed by atoms with Crippen LogP contribution < -0.4 is 5.32 Å². The van der Waals surface area contributed by atoms with Gasteiger partial charge in [0.1, 0.15) is 0 Å². The molecule has 1 unspecified atom stereocenters. The summed E-state index contributed by atoms with van der Waals surface area (Å²) < 4.78 is 0. The highest BCUT2D eigenvalue weighted by Crippen LogP contribution is 2.16. The highest BCUT2D eigenvalue weighted by atomic mass is 35.5. The maximum absolute atomic E-state index is 12.3. The third-order valence-electron chi connectivity index (χ3n) is 4.31. The van der Waals surface area contributed by atoms with Gasteiger partial charge in [-0.1, -0.05) is 6.07 Å². The predicted octanol–water partition coefficient (Wildman–Crippen LogP) is 2.24. The second-order valence-electron chi connectivity index (χ2n) is 5.80. The van der Waals surface area contributed by atoms with Crippen LogP contribution in [0.5, 0.6) is 0 Å². The van der Waals surface area contributed by atoms with Gasteiger partial charge in [0.05, 0.1) is 0 Å². The second-order valence-corrected chi connectivity index (χ2v) is 6.83. The van der Waals surface area contributed by atoms with E-state index in [-0.39, 0.29) is 24.8 Å². The molecule has 1 atom stereocenters. The Morgan fingerprint density at radius 3 is 2.64 bits per heavy atom. The number of piperazine rings is 1. The van der Waals surface area contributed by atoms with E-state index in [1.807, 2.05) is 11.3 Å². The van der Waals surface area contributed by atoms with E-state index in [4.69, 9.17) is 0 Å². The molecule has 0 bridgehead atoms. The van der Waals surface area contributed by atoms with Crippen LogP contribution in [0.2, 0.25) is 0 Å². The summed E-state index contributed by atoms with van der Waals surface area (Å²) in [4.78, 5) is 18.2. The lowest BCUT2D eigenvalue weighted by Crippen LogP contribution is -2.48. The normalized spacial score (nSPS) is 22.0. The molecule has 0 saturated carbocycles. The summed E-state index contributed by atoms with van der Waals surface area (Å²) in [5.41, 5.74) is 0. The first-order chi connectivity index (χ1) is 9.81. The summed E-state index contributed by atoms with van der Waals surface area (Å²) in [6, 6.07) is 4.30. The van der Waals surface area contributed by atoms with Gasteiger partial charge in [0.15, 0.2) is 0 Å². The third kappa shape index (κ3) is 5.39. The predicted molar refractivity (Wildman–Crippen MR) is 96.3 cm³/mol. The van der Waals surface area contributed by atoms with Gasteiger partial charge in [-0.25, -0.2) is 0 Å². The number of hydrogen-bond acceptors (Lipinski definition) is 4. The van der Waals surface area contributed by atoms with Crippen LogP contribution in [-0.2, 0) is 11.3 Å². The molecular formula is C15H25Cl2N3OS. The van der Waals surface area contributed by atoms with Crippen molar-refractivity contribution in [2.45, 2.75) is 19.4 Å². The minimum Gasteiger partial charge on any atom is -0.340 e. The van der Waals surface area contributed by atoms with Crippen LogP contribution in [0.1, 0.15) is 17.7 Å². The standard InChI is InChI=1S/C15H23N3OS.2ClH/c19-15(10-13-3-4-16-11-13)18-7-5-17(6-8-18)12-14-2-1-9-20-14;;/h1-2,9,13,16H,3-8,10-12H2;2*1H. The number of hydrogen-bond donors (Lipinski definition) is 1. The molecule has 7 heteroatoms. The first-order valence-corrected chi connectivity index (χ1v) is 8.42. The fraction of sp³-hybridized carbons (Fsp3) is 0.667. The lowest BCUT2D eigenvalue weighted by Gasteiger charge is -2.35. The SMILES string of the molecule is Cl.Cl.O=C(CC1CCNC1)N1CCN(Cc2cccs2)CC1. The van der Waals surface area contributed by atoms with Gasteiger partial charge in [0.2, 0.25) is 5.91 Å². The molecule has 0 spiro atoms. The van der Waals surface area contributed by atoms with Crippen molar-refractivity contribution in [3.8, 4) is 0 Å². The summed E-state index contributed by atoms with van der Waals surface area (Å²) in [6.45, 7) is 6.93. The molecule has 1 aromatic heterocycles. The molecule has 1 amide bonds. The molecular weight excluding hydrogens is 341 g/mol. The number of nitrogens with one attached hydrogen (secondary N) is 1. The molecule has 0 aliphatic carbocycles. The zero-order valence-corrected chi connectivity index (χ0v) is 15.2. The average molecular weight is 366 g/mol. The lowest BCUT2D eigenvalue weighted by atomic mass is 10.0. The number of thiophene rings is 1. The van der Waals surface area contributed by atoms with Crippen molar-refractivity contribution in [1.82, 2.24) is 15.1 Å². The Balaban J connectivity index is 0.00000121. The molecule has 2 aliphatic rings. The van der Waals surface area contributed by atoms with Gasteiger partial charge >= 0.3 is 0 Å². The van der Waals surface area contributed by atoms with Gasteiger partial charge in [-0.15, -0.1) is 36.2 Å². The number of nitrogens with zero attached hydrogens (tertiary/aromatic N) is 2. The molecule has 3 heterocycles. The van der Waals surface area contributed by atoms with Crippen molar-refractivity contribution >= 4 is 42.1 Å². The molecule has 3 rings (SSSR count). The van der Waals surface area contributed by atoms with Crippen LogP contribution in [-0.4, -0.2) is 55.0 Å². The maximum Gasteiger partial charge on any atom is 0.222 e. The Kier molecular flexibility index (Phi) is 8.72. The first-order valence-electron chi connectivity index (χ1n) is 7.54. The number of halogens is 2. The van der Waals surface area contributed by atoms with Crippen molar-refractivity contribution in [3.05, 3.63) is 22.4 Å². The molecule has 2 saturated heterocycles. The minimum atomic E-state index is 0. The van der Waals surface area contributed by atoms with Crippen LogP contribution in [0.25, 0.3) is 0 Å². The lowest BCUT2D eigenvalue weighted by molar-refractivity contribution is -0.133. The molecule has 2 aliphatic heterocycles. The first kappa shape index (κ1) is 19.7. The number of carbonyl (C=O) groups is 1. The van der Waals surface area contributed by atoms with Gasteiger partial charge in [-0.3, -0.25) is 9.69 Å². The van der Waals surface area contributed by atoms with E-state index in [9.17, 15) is 4.79 Å². The molecule has 4 nitrogen and oxygen atoms in total. The Hall–Kier alpha value is -0.330. The topological polar surface area (TPSA) is 35.6 Å². The third-order valence-corrected chi connectivity index (χ3v) is 5.17. The zero-order chi connectivity index (χ0) is 13.8. The average Bonchev–Trinajstić information content (AvgIpc) is 3.13. The Labute approximate surface area is 149 Å². The second kappa shape index (κ2) is 9.73. The largest absolute Gasteiger partial charge is 0.340 e. The number of amides is 1. The van der Waals surface area contributed by atoms with E-state index in [2.05, 4.69) is 32.6 Å². The van der Waals surface area contributed by atoms with Gasteiger partial charge < -0.3 is 10.2 Å². The van der Waals surface area contributed by atoms with Crippen LogP contribution in [0.15, 0.2) is 17.5 Å². The number of carbonyl (C=O) groups excluding carboxylic acids is 1. The van der Waals surface area contributed by atoms with Crippen LogP contribution in [0.4, 0.5) is 0 Å². The minimum absolute atomic E-state index is 0. The van der Waals surface area contributed by atoms with Crippen molar-refractivity contribution in [2.24, 2.45) is 5.92 Å². The van der Waals surface area contributed by atoms with E-state index >= 15 is 0 Å². The van der Waals surface area contributed by atoms with Gasteiger partial charge in [-0.2, -0.15) is 0 Å². The van der Waals surface area contributed by atoms with E-state index in [0.717, 1.165) is 58.7 Å². The highest BCUT2D eigenvalue weighted by molar-refractivity contribution is 7.09. The van der Waals surface area contributed by atoms with E-state index in [1.54, 1.807) is 0 Å². The van der Waals surface area contributed by atoms with Crippen molar-refractivity contribution in [2.75, 3.05) is 39.3 Å². The molecule has 2 fully saturated rings. The number of rotatable bonds is 4. The van der Waals surface area contributed by atoms with Gasteiger partial charge in [-0.05, 0) is 36.9 Å². The van der Waals surface area contributed by atoms with E-state index in [1.165, 1.54) is 4.88 Å². The summed E-state index contributed by atoms with van der Waals surface area (Å²) >= 11 is 1.82. The van der Waals surface area contributed by atoms with Gasteiger partial charge in [0.25, 0.3) is 0 Å². The van der Waals surface area contributed by atoms with Crippen molar-refractivity contribution in [3.63, 3.8) is 0 Å². The van der Waals surface area contributed by atoms with Crippen LogP contribution in [0, 0.1) is 5.92 Å². The summed E-state index contributed by atoms with van der Waals surface area (Å²) in [6.07, 6.45) is 1.89. The van der Waals surface area contributed by atoms with Crippen molar-refractivity contribution < 1.29 is 4.79 Å². The Morgan fingerprint density at radius 2 is 2.05 bits per heavy atom. The molecule has 1 N–H and O–H groups in total. The molecule has 1 aromatic rings. The molecule has 22 heavy (non-hydrogen) atoms. The zero-order valence-electron chi connectivity index (χ0n) is 12.7. The summed E-state index contributed by atoms with van der Waals surface area (Å²) in [5.74, 6) is 0.918. The smallest absolute Gasteiger partial charge is 0.222 e. The highest BCUT2D eigenvalue weighted by Gasteiger charge is 2.24. The Bertz CT molecular complexity index is 430. The van der Waals surface area contributed by atoms with Crippen molar-refractivity contribution in [1.29, 1.82) is 0 Å². The van der Waals surface area contributed by atoms with E-state index in [0.29, 0.717) is 11.8 Å². The molecule has 0 radical (unpaired) electrons. The molecule has 126 valence electrons. The molecule has 0 aromatic carbocycles. The van der Waals surface area contributed by atoms with Gasteiger partial charge in [0, 0.05) is 44.0 Å². The maximum atomic E-state index is 12.3. The van der Waals surface area contributed by atoms with Crippen LogP contribution >= 0.6 is 36.2 Å². The van der Waals surface area contributed by atoms with E-state index < -0.39 is 0 Å².